The molecule has 2 aliphatic rings. The van der Waals surface area contributed by atoms with Crippen molar-refractivity contribution in [3.8, 4) is 0 Å². The molecule has 8 nitrogen and oxygen atoms in total. The summed E-state index contributed by atoms with van der Waals surface area (Å²) in [4.78, 5) is 21.4. The summed E-state index contributed by atoms with van der Waals surface area (Å²) in [5, 5.41) is 11.3. The number of amides is 1. The summed E-state index contributed by atoms with van der Waals surface area (Å²) in [5.74, 6) is 1.30. The molecule has 0 radical (unpaired) electrons. The number of aromatic nitrogens is 2. The van der Waals surface area contributed by atoms with Crippen LogP contribution in [-0.2, 0) is 9.53 Å². The molecule has 0 bridgehead atoms. The molecule has 1 saturated carbocycles. The Labute approximate surface area is 229 Å². The molecule has 0 unspecified atom stereocenters. The predicted molar refractivity (Wildman–Crippen MR) is 151 cm³/mol. The van der Waals surface area contributed by atoms with E-state index in [0.29, 0.717) is 28.7 Å². The Morgan fingerprint density at radius 3 is 2.31 bits per heavy atom. The lowest BCUT2D eigenvalue weighted by Gasteiger charge is -2.27. The standard InChI is InChI=1S/C25H31F2N5O.C4H9NO/c1-5-18-6-8-19(9-7-18)22-12-11-21(15-29-22)31-25(33)16(2)17(3)32(28-4)23-13-10-20(14-30-23)24(26)27;1-3-6-4-2-5-1/h10-15,18-19,24H,4-9H2,1-3H3,(H,31,33);5H,1-4H2/b17-16+;. The van der Waals surface area contributed by atoms with Crippen molar-refractivity contribution >= 4 is 24.1 Å². The lowest BCUT2D eigenvalue weighted by Crippen LogP contribution is -2.30. The first-order valence-electron chi connectivity index (χ1n) is 13.6. The van der Waals surface area contributed by atoms with Crippen LogP contribution < -0.4 is 15.6 Å². The summed E-state index contributed by atoms with van der Waals surface area (Å²) in [5.41, 5.74) is 2.37. The maximum Gasteiger partial charge on any atom is 0.265 e. The van der Waals surface area contributed by atoms with Crippen LogP contribution in [0.5, 0.6) is 0 Å². The number of nitrogens with one attached hydrogen (secondary N) is 2. The smallest absolute Gasteiger partial charge is 0.265 e. The normalized spacial score (nSPS) is 19.8. The lowest BCUT2D eigenvalue weighted by molar-refractivity contribution is -0.112. The fraction of sp³-hybridized carbons (Fsp3) is 0.517. The second-order valence-electron chi connectivity index (χ2n) is 9.83. The van der Waals surface area contributed by atoms with E-state index in [1.54, 1.807) is 20.0 Å². The molecular formula is C29H40F2N6O2. The zero-order valence-corrected chi connectivity index (χ0v) is 23.1. The number of pyridine rings is 2. The molecule has 1 aliphatic heterocycles. The van der Waals surface area contributed by atoms with Gasteiger partial charge < -0.3 is 15.4 Å². The number of carbonyl (C=O) groups is 1. The number of halogens is 2. The van der Waals surface area contributed by atoms with Crippen molar-refractivity contribution in [2.45, 2.75) is 65.2 Å². The van der Waals surface area contributed by atoms with Gasteiger partial charge in [-0.15, -0.1) is 0 Å². The minimum absolute atomic E-state index is 0.187. The van der Waals surface area contributed by atoms with Gasteiger partial charge >= 0.3 is 0 Å². The highest BCUT2D eigenvalue weighted by atomic mass is 19.3. The van der Waals surface area contributed by atoms with Crippen LogP contribution >= 0.6 is 0 Å². The average molecular weight is 543 g/mol. The van der Waals surface area contributed by atoms with Crippen molar-refractivity contribution in [2.24, 2.45) is 11.0 Å². The van der Waals surface area contributed by atoms with E-state index < -0.39 is 6.43 Å². The number of rotatable bonds is 8. The van der Waals surface area contributed by atoms with E-state index >= 15 is 0 Å². The number of anilines is 2. The summed E-state index contributed by atoms with van der Waals surface area (Å²) in [6.07, 6.45) is 6.24. The summed E-state index contributed by atoms with van der Waals surface area (Å²) in [7, 11) is 0. The summed E-state index contributed by atoms with van der Waals surface area (Å²) in [6, 6.07) is 6.56. The number of hydrogen-bond acceptors (Lipinski definition) is 7. The molecule has 39 heavy (non-hydrogen) atoms. The molecule has 0 atom stereocenters. The fourth-order valence-electron chi connectivity index (χ4n) is 4.65. The summed E-state index contributed by atoms with van der Waals surface area (Å²) >= 11 is 0. The molecule has 1 amide bonds. The van der Waals surface area contributed by atoms with Gasteiger partial charge in [-0.3, -0.25) is 9.78 Å². The molecule has 0 spiro atoms. The van der Waals surface area contributed by atoms with Crippen LogP contribution in [0.1, 0.15) is 76.5 Å². The number of nitrogens with zero attached hydrogens (tertiary/aromatic N) is 4. The quantitative estimate of drug-likeness (QED) is 0.239. The van der Waals surface area contributed by atoms with Gasteiger partial charge in [0.15, 0.2) is 5.82 Å². The van der Waals surface area contributed by atoms with E-state index in [-0.39, 0.29) is 11.5 Å². The van der Waals surface area contributed by atoms with Gasteiger partial charge in [-0.2, -0.15) is 5.10 Å². The van der Waals surface area contributed by atoms with E-state index in [2.05, 4.69) is 39.3 Å². The monoisotopic (exact) mass is 542 g/mol. The van der Waals surface area contributed by atoms with Crippen molar-refractivity contribution in [1.29, 1.82) is 0 Å². The van der Waals surface area contributed by atoms with Crippen molar-refractivity contribution in [2.75, 3.05) is 36.6 Å². The third-order valence-corrected chi connectivity index (χ3v) is 7.32. The number of hydrazone groups is 1. The Hall–Kier alpha value is -3.24. The third kappa shape index (κ3) is 8.90. The minimum Gasteiger partial charge on any atom is -0.379 e. The van der Waals surface area contributed by atoms with Crippen LogP contribution in [0.4, 0.5) is 20.3 Å². The van der Waals surface area contributed by atoms with Crippen molar-refractivity contribution < 1.29 is 18.3 Å². The number of alkyl halides is 2. The van der Waals surface area contributed by atoms with Gasteiger partial charge in [0.2, 0.25) is 0 Å². The average Bonchev–Trinajstić information content (AvgIpc) is 2.99. The van der Waals surface area contributed by atoms with E-state index in [1.807, 2.05) is 12.1 Å². The van der Waals surface area contributed by atoms with E-state index in [9.17, 15) is 13.6 Å². The third-order valence-electron chi connectivity index (χ3n) is 7.32. The molecule has 3 heterocycles. The van der Waals surface area contributed by atoms with Gasteiger partial charge in [-0.1, -0.05) is 13.3 Å². The van der Waals surface area contributed by atoms with Crippen LogP contribution in [0.25, 0.3) is 0 Å². The molecule has 10 heteroatoms. The zero-order valence-electron chi connectivity index (χ0n) is 23.1. The van der Waals surface area contributed by atoms with Gasteiger partial charge in [0, 0.05) is 54.4 Å². The molecule has 1 aliphatic carbocycles. The number of allylic oxidation sites excluding steroid dienone is 1. The summed E-state index contributed by atoms with van der Waals surface area (Å²) in [6.45, 7) is 13.0. The second-order valence-corrected chi connectivity index (χ2v) is 9.83. The van der Waals surface area contributed by atoms with Crippen molar-refractivity contribution in [3.05, 3.63) is 59.2 Å². The topological polar surface area (TPSA) is 91.7 Å². The predicted octanol–water partition coefficient (Wildman–Crippen LogP) is 6.06. The minimum atomic E-state index is -2.60. The van der Waals surface area contributed by atoms with Crippen LogP contribution in [0.15, 0.2) is 53.0 Å². The Morgan fingerprint density at radius 1 is 1.13 bits per heavy atom. The van der Waals surface area contributed by atoms with Gasteiger partial charge in [0.25, 0.3) is 12.3 Å². The van der Waals surface area contributed by atoms with Crippen LogP contribution in [0.2, 0.25) is 0 Å². The molecule has 2 N–H and O–H groups in total. The molecule has 2 aromatic rings. The molecule has 2 fully saturated rings. The van der Waals surface area contributed by atoms with E-state index in [1.165, 1.54) is 36.4 Å². The molecular weight excluding hydrogens is 502 g/mol. The number of ether oxygens (including phenoxy) is 1. The van der Waals surface area contributed by atoms with Gasteiger partial charge in [-0.25, -0.2) is 18.8 Å². The van der Waals surface area contributed by atoms with Gasteiger partial charge in [0.05, 0.1) is 25.1 Å². The highest BCUT2D eigenvalue weighted by Gasteiger charge is 2.22. The molecule has 212 valence electrons. The Morgan fingerprint density at radius 2 is 1.85 bits per heavy atom. The van der Waals surface area contributed by atoms with Crippen LogP contribution in [-0.4, -0.2) is 48.9 Å². The second kappa shape index (κ2) is 15.4. The Kier molecular flexibility index (Phi) is 11.9. The maximum absolute atomic E-state index is 12.8. The highest BCUT2D eigenvalue weighted by Crippen LogP contribution is 2.36. The number of carbonyl (C=O) groups excluding carboxylic acids is 1. The highest BCUT2D eigenvalue weighted by molar-refractivity contribution is 6.04. The van der Waals surface area contributed by atoms with Crippen molar-refractivity contribution in [3.63, 3.8) is 0 Å². The van der Waals surface area contributed by atoms with Crippen LogP contribution in [0, 0.1) is 5.92 Å². The molecule has 0 aromatic carbocycles. The molecule has 1 saturated heterocycles. The number of morpholine rings is 1. The fourth-order valence-corrected chi connectivity index (χ4v) is 4.65. The summed E-state index contributed by atoms with van der Waals surface area (Å²) < 4.78 is 30.6. The first-order chi connectivity index (χ1) is 18.8. The van der Waals surface area contributed by atoms with Gasteiger partial charge in [-0.05, 0) is 69.7 Å². The van der Waals surface area contributed by atoms with Gasteiger partial charge in [0.1, 0.15) is 0 Å². The molecule has 2 aromatic heterocycles. The Balaban J connectivity index is 0.000000617. The SMILES string of the molecule is C1COCCN1.C=NN(/C(C)=C(\C)C(=O)Nc1ccc(C2CCC(CC)CC2)nc1)c1ccc(C(F)F)cn1. The zero-order chi connectivity index (χ0) is 28.2. The largest absolute Gasteiger partial charge is 0.379 e. The van der Waals surface area contributed by atoms with E-state index in [4.69, 9.17) is 4.74 Å². The van der Waals surface area contributed by atoms with Crippen molar-refractivity contribution in [1.82, 2.24) is 15.3 Å². The lowest BCUT2D eigenvalue weighted by atomic mass is 9.79. The van der Waals surface area contributed by atoms with Crippen LogP contribution in [0.3, 0.4) is 0 Å². The Bertz CT molecular complexity index is 1070. The number of hydrogen-bond donors (Lipinski definition) is 2. The van der Waals surface area contributed by atoms with E-state index in [0.717, 1.165) is 57.0 Å². The molecule has 4 rings (SSSR count). The maximum atomic E-state index is 12.8. The first-order valence-corrected chi connectivity index (χ1v) is 13.6. The first kappa shape index (κ1) is 30.3.